The lowest BCUT2D eigenvalue weighted by Gasteiger charge is -2.26. The van der Waals surface area contributed by atoms with E-state index < -0.39 is 5.91 Å². The van der Waals surface area contributed by atoms with Gasteiger partial charge in [0.2, 0.25) is 0 Å². The minimum atomic E-state index is -0.398. The lowest BCUT2D eigenvalue weighted by molar-refractivity contribution is -0.111. The number of hydrogen-bond acceptors (Lipinski definition) is 8. The van der Waals surface area contributed by atoms with Gasteiger partial charge in [-0.25, -0.2) is 19.6 Å². The molecule has 0 aliphatic carbocycles. The maximum atomic E-state index is 12.7. The zero-order chi connectivity index (χ0) is 31.1. The van der Waals surface area contributed by atoms with Crippen LogP contribution in [0.1, 0.15) is 24.8 Å². The molecule has 4 heterocycles. The Labute approximate surface area is 266 Å². The van der Waals surface area contributed by atoms with Gasteiger partial charge in [-0.05, 0) is 53.8 Å². The highest BCUT2D eigenvalue weighted by Crippen LogP contribution is 2.35. The minimum Gasteiger partial charge on any atom is -0.379 e. The monoisotopic (exact) mass is 610 g/mol. The molecule has 46 heavy (non-hydrogen) atoms. The van der Waals surface area contributed by atoms with Crippen LogP contribution in [0.3, 0.4) is 0 Å². The molecule has 1 aliphatic heterocycles. The highest BCUT2D eigenvalue weighted by molar-refractivity contribution is 6.13. The fourth-order valence-electron chi connectivity index (χ4n) is 5.80. The Bertz CT molecular complexity index is 2060. The van der Waals surface area contributed by atoms with E-state index in [0.29, 0.717) is 35.5 Å². The van der Waals surface area contributed by atoms with Gasteiger partial charge >= 0.3 is 5.91 Å². The summed E-state index contributed by atoms with van der Waals surface area (Å²) < 4.78 is 7.37. The number of benzene rings is 3. The Kier molecular flexibility index (Phi) is 8.76. The first-order valence-corrected chi connectivity index (χ1v) is 15.6. The number of carbonyl (C=O) groups is 1. The molecule has 0 bridgehead atoms. The number of pyridine rings is 1. The normalized spacial score (nSPS) is 13.5. The Balaban J connectivity index is 1.12. The average molecular weight is 611 g/mol. The van der Waals surface area contributed by atoms with Gasteiger partial charge in [-0.3, -0.25) is 15.0 Å². The van der Waals surface area contributed by atoms with Crippen LogP contribution >= 0.6 is 0 Å². The molecule has 7 rings (SSSR count). The first kappa shape index (κ1) is 29.3. The van der Waals surface area contributed by atoms with Gasteiger partial charge < -0.3 is 10.1 Å². The van der Waals surface area contributed by atoms with Crippen LogP contribution in [0.4, 0.5) is 17.5 Å². The van der Waals surface area contributed by atoms with Crippen LogP contribution in [0.25, 0.3) is 32.6 Å². The van der Waals surface area contributed by atoms with Crippen molar-refractivity contribution < 1.29 is 9.53 Å². The summed E-state index contributed by atoms with van der Waals surface area (Å²) in [5.41, 5.74) is 2.65. The molecule has 0 spiro atoms. The first-order valence-electron chi connectivity index (χ1n) is 15.6. The summed E-state index contributed by atoms with van der Waals surface area (Å²) in [5, 5.41) is 15.3. The van der Waals surface area contributed by atoms with E-state index >= 15 is 0 Å². The van der Waals surface area contributed by atoms with Crippen molar-refractivity contribution >= 4 is 55.9 Å². The number of nitrogens with zero attached hydrogens (tertiary/aromatic N) is 6. The smallest absolute Gasteiger partial charge is 0.301 e. The van der Waals surface area contributed by atoms with E-state index in [2.05, 4.69) is 72.7 Å². The van der Waals surface area contributed by atoms with Crippen molar-refractivity contribution in [2.45, 2.75) is 25.8 Å². The molecule has 6 aromatic rings. The fraction of sp³-hybridized carbons (Fsp3) is 0.250. The van der Waals surface area contributed by atoms with Gasteiger partial charge in [0.25, 0.3) is 0 Å². The molecule has 0 atom stereocenters. The summed E-state index contributed by atoms with van der Waals surface area (Å²) in [5.74, 6) is 7.08. The van der Waals surface area contributed by atoms with Crippen LogP contribution in [-0.4, -0.2) is 68.4 Å². The fourth-order valence-corrected chi connectivity index (χ4v) is 5.80. The van der Waals surface area contributed by atoms with E-state index in [4.69, 9.17) is 9.84 Å². The quantitative estimate of drug-likeness (QED) is 0.157. The predicted molar refractivity (Wildman–Crippen MR) is 181 cm³/mol. The van der Waals surface area contributed by atoms with Crippen molar-refractivity contribution in [3.05, 3.63) is 90.9 Å². The Morgan fingerprint density at radius 2 is 1.74 bits per heavy atom. The van der Waals surface area contributed by atoms with Gasteiger partial charge in [0.1, 0.15) is 23.8 Å². The average Bonchev–Trinajstić information content (AvgIpc) is 3.44. The number of anilines is 3. The zero-order valence-electron chi connectivity index (χ0n) is 25.4. The Morgan fingerprint density at radius 3 is 2.63 bits per heavy atom. The molecule has 1 saturated heterocycles. The number of rotatable bonds is 9. The molecule has 3 aromatic carbocycles. The minimum absolute atomic E-state index is 0.380. The molecule has 1 amide bonds. The van der Waals surface area contributed by atoms with Crippen LogP contribution in [-0.2, 0) is 16.1 Å². The number of hydrogen-bond donors (Lipinski definition) is 2. The third kappa shape index (κ3) is 6.66. The molecule has 3 aromatic heterocycles. The molecular weight excluding hydrogens is 576 g/mol. The maximum Gasteiger partial charge on any atom is 0.301 e. The lowest BCUT2D eigenvalue weighted by Crippen LogP contribution is -2.36. The number of aromatic nitrogens is 5. The molecule has 10 heteroatoms. The molecule has 10 nitrogen and oxygen atoms in total. The highest BCUT2D eigenvalue weighted by atomic mass is 16.5. The third-order valence-corrected chi connectivity index (χ3v) is 8.14. The van der Waals surface area contributed by atoms with Crippen LogP contribution < -0.4 is 10.6 Å². The van der Waals surface area contributed by atoms with Crippen molar-refractivity contribution in [1.82, 2.24) is 29.6 Å². The molecule has 2 N–H and O–H groups in total. The first-order chi connectivity index (χ1) is 22.7. The standard InChI is InChI=1S/C36H34N8O2/c45-33(14-6-1-2-9-17-43-18-20-46-21-19-43)40-32-22-29-31(23-37-32)38-25-39-35(29)41-36-34-28-13-8-7-12-27(28)15-16-30(34)42-44(36)24-26-10-4-3-5-11-26/h3-5,7-8,10-13,15-16,22-23,25H,1-2,9,17-21,24H2,(H,37,40,45)(H,38,39,41). The van der Waals surface area contributed by atoms with Crippen LogP contribution in [0, 0.1) is 11.8 Å². The number of amides is 1. The predicted octanol–water partition coefficient (Wildman–Crippen LogP) is 5.76. The van der Waals surface area contributed by atoms with Crippen LogP contribution in [0.15, 0.2) is 85.3 Å². The number of ether oxygens (including phenoxy) is 1. The van der Waals surface area contributed by atoms with Crippen molar-refractivity contribution in [1.29, 1.82) is 0 Å². The SMILES string of the molecule is O=C(C#CCCCCN1CCOCC1)Nc1cc2c(Nc3c4c(ccc5ccccc54)nn3Cc3ccccc3)ncnc2cn1. The third-order valence-electron chi connectivity index (χ3n) is 8.14. The lowest BCUT2D eigenvalue weighted by atomic mass is 10.1. The summed E-state index contributed by atoms with van der Waals surface area (Å²) in [6.45, 7) is 5.19. The van der Waals surface area contributed by atoms with Crippen molar-refractivity contribution in [3.63, 3.8) is 0 Å². The summed E-state index contributed by atoms with van der Waals surface area (Å²) >= 11 is 0. The number of fused-ring (bicyclic) bond motifs is 4. The Morgan fingerprint density at radius 1 is 0.891 bits per heavy atom. The summed E-state index contributed by atoms with van der Waals surface area (Å²) in [6, 6.07) is 24.4. The van der Waals surface area contributed by atoms with Crippen molar-refractivity contribution in [3.8, 4) is 11.8 Å². The second-order valence-corrected chi connectivity index (χ2v) is 11.3. The van der Waals surface area contributed by atoms with E-state index in [0.717, 1.165) is 78.7 Å². The van der Waals surface area contributed by atoms with Crippen molar-refractivity contribution in [2.24, 2.45) is 0 Å². The van der Waals surface area contributed by atoms with E-state index in [1.54, 1.807) is 12.3 Å². The van der Waals surface area contributed by atoms with Gasteiger partial charge in [-0.15, -0.1) is 0 Å². The highest BCUT2D eigenvalue weighted by Gasteiger charge is 2.17. The van der Waals surface area contributed by atoms with Crippen molar-refractivity contribution in [2.75, 3.05) is 43.5 Å². The number of carbonyl (C=O) groups excluding carboxylic acids is 1. The molecule has 0 saturated carbocycles. The van der Waals surface area contributed by atoms with Gasteiger partial charge in [-0.2, -0.15) is 5.10 Å². The number of morpholine rings is 1. The molecule has 0 radical (unpaired) electrons. The van der Waals surface area contributed by atoms with E-state index in [-0.39, 0.29) is 0 Å². The topological polar surface area (TPSA) is 110 Å². The van der Waals surface area contributed by atoms with Gasteiger partial charge in [0.05, 0.1) is 42.4 Å². The summed E-state index contributed by atoms with van der Waals surface area (Å²) in [4.78, 5) is 28.5. The number of unbranched alkanes of at least 4 members (excludes halogenated alkanes) is 2. The van der Waals surface area contributed by atoms with Gasteiger partial charge in [-0.1, -0.05) is 66.6 Å². The molecule has 1 aliphatic rings. The van der Waals surface area contributed by atoms with Crippen LogP contribution in [0.2, 0.25) is 0 Å². The molecule has 1 fully saturated rings. The van der Waals surface area contributed by atoms with E-state index in [9.17, 15) is 4.79 Å². The van der Waals surface area contributed by atoms with Gasteiger partial charge in [0.15, 0.2) is 0 Å². The number of nitrogens with one attached hydrogen (secondary N) is 2. The Hall–Kier alpha value is -5.37. The zero-order valence-corrected chi connectivity index (χ0v) is 25.4. The molecule has 230 valence electrons. The van der Waals surface area contributed by atoms with Gasteiger partial charge in [0, 0.05) is 24.9 Å². The second-order valence-electron chi connectivity index (χ2n) is 11.3. The molecular formula is C36H34N8O2. The van der Waals surface area contributed by atoms with E-state index in [1.807, 2.05) is 41.1 Å². The summed E-state index contributed by atoms with van der Waals surface area (Å²) in [6.07, 6.45) is 5.81. The van der Waals surface area contributed by atoms with Crippen LogP contribution in [0.5, 0.6) is 0 Å². The summed E-state index contributed by atoms with van der Waals surface area (Å²) in [7, 11) is 0. The van der Waals surface area contributed by atoms with E-state index in [1.165, 1.54) is 6.33 Å². The largest absolute Gasteiger partial charge is 0.379 e. The second kappa shape index (κ2) is 13.7. The maximum absolute atomic E-state index is 12.7. The molecule has 0 unspecified atom stereocenters.